The molecule has 0 radical (unpaired) electrons. The van der Waals surface area contributed by atoms with Crippen LogP contribution in [-0.2, 0) is 14.4 Å². The molecule has 8 heteroatoms. The summed E-state index contributed by atoms with van der Waals surface area (Å²) in [5, 5.41) is 5.47. The number of anilines is 3. The molecule has 2 heterocycles. The van der Waals surface area contributed by atoms with E-state index in [1.54, 1.807) is 48.5 Å². The monoisotopic (exact) mass is 392 g/mol. The number of hydrogen-bond donors (Lipinski definition) is 2. The van der Waals surface area contributed by atoms with Gasteiger partial charge in [-0.25, -0.2) is 0 Å². The topological polar surface area (TPSA) is 98.8 Å². The van der Waals surface area contributed by atoms with Gasteiger partial charge in [-0.3, -0.25) is 24.1 Å². The normalized spacial score (nSPS) is 20.2. The van der Waals surface area contributed by atoms with E-state index >= 15 is 0 Å². The van der Waals surface area contributed by atoms with Crippen LogP contribution in [0.15, 0.2) is 48.5 Å². The first-order valence-electron chi connectivity index (χ1n) is 9.24. The van der Waals surface area contributed by atoms with E-state index in [0.29, 0.717) is 22.6 Å². The van der Waals surface area contributed by atoms with Gasteiger partial charge in [-0.05, 0) is 30.3 Å². The average Bonchev–Trinajstić information content (AvgIpc) is 3.04. The minimum atomic E-state index is -1.44. The van der Waals surface area contributed by atoms with E-state index < -0.39 is 11.6 Å². The highest BCUT2D eigenvalue weighted by Crippen LogP contribution is 2.44. The maximum absolute atomic E-state index is 13.4. The van der Waals surface area contributed by atoms with Crippen molar-refractivity contribution in [3.8, 4) is 0 Å². The SMILES string of the molecule is CC(=O)Nc1cccc(NC(=O)[C@]23CCC(=O)N2c2ccccc2C(=O)N3C)c1. The summed E-state index contributed by atoms with van der Waals surface area (Å²) in [6.45, 7) is 1.40. The highest BCUT2D eigenvalue weighted by Gasteiger charge is 2.59. The van der Waals surface area contributed by atoms with Gasteiger partial charge in [0.2, 0.25) is 17.5 Å². The first-order chi connectivity index (χ1) is 13.8. The Bertz CT molecular complexity index is 1050. The van der Waals surface area contributed by atoms with Crippen LogP contribution < -0.4 is 15.5 Å². The summed E-state index contributed by atoms with van der Waals surface area (Å²) in [5.41, 5.74) is 0.383. The van der Waals surface area contributed by atoms with Crippen LogP contribution in [0.3, 0.4) is 0 Å². The standard InChI is InChI=1S/C21H20N4O4/c1-13(26)22-14-6-5-7-15(12-14)23-20(29)21-11-10-18(27)25(21)17-9-4-3-8-16(17)19(28)24(21)2/h3-9,12H,10-11H2,1-2H3,(H,22,26)(H,23,29)/t21-/m0/s1. The van der Waals surface area contributed by atoms with Crippen LogP contribution in [0.25, 0.3) is 0 Å². The van der Waals surface area contributed by atoms with Gasteiger partial charge in [-0.2, -0.15) is 0 Å². The van der Waals surface area contributed by atoms with Gasteiger partial charge in [0.1, 0.15) is 0 Å². The quantitative estimate of drug-likeness (QED) is 0.836. The highest BCUT2D eigenvalue weighted by atomic mass is 16.2. The van der Waals surface area contributed by atoms with Crippen molar-refractivity contribution >= 4 is 40.7 Å². The molecule has 0 aliphatic carbocycles. The first kappa shape index (κ1) is 18.7. The average molecular weight is 392 g/mol. The van der Waals surface area contributed by atoms with E-state index in [4.69, 9.17) is 0 Å². The molecule has 2 N–H and O–H groups in total. The van der Waals surface area contributed by atoms with Crippen molar-refractivity contribution < 1.29 is 19.2 Å². The van der Waals surface area contributed by atoms with Crippen molar-refractivity contribution in [2.45, 2.75) is 25.4 Å². The molecule has 0 bridgehead atoms. The number of hydrogen-bond acceptors (Lipinski definition) is 4. The third-order valence-electron chi connectivity index (χ3n) is 5.35. The van der Waals surface area contributed by atoms with Crippen LogP contribution in [0.5, 0.6) is 0 Å². The molecule has 8 nitrogen and oxygen atoms in total. The molecule has 1 saturated heterocycles. The predicted octanol–water partition coefficient (Wildman–Crippen LogP) is 2.19. The molecule has 1 fully saturated rings. The molecule has 148 valence electrons. The Labute approximate surface area is 167 Å². The van der Waals surface area contributed by atoms with Crippen LogP contribution in [0.2, 0.25) is 0 Å². The second-order valence-electron chi connectivity index (χ2n) is 7.14. The first-order valence-corrected chi connectivity index (χ1v) is 9.24. The molecule has 29 heavy (non-hydrogen) atoms. The zero-order valence-electron chi connectivity index (χ0n) is 16.1. The van der Waals surface area contributed by atoms with Gasteiger partial charge in [0.05, 0.1) is 11.3 Å². The zero-order valence-corrected chi connectivity index (χ0v) is 16.1. The number of para-hydroxylation sites is 1. The lowest BCUT2D eigenvalue weighted by Gasteiger charge is -2.47. The summed E-state index contributed by atoms with van der Waals surface area (Å²) < 4.78 is 0. The van der Waals surface area contributed by atoms with Crippen molar-refractivity contribution in [1.82, 2.24) is 4.90 Å². The number of carbonyl (C=O) groups excluding carboxylic acids is 4. The van der Waals surface area contributed by atoms with E-state index in [1.165, 1.54) is 23.8 Å². The summed E-state index contributed by atoms with van der Waals surface area (Å²) in [6.07, 6.45) is 0.352. The van der Waals surface area contributed by atoms with Gasteiger partial charge in [0, 0.05) is 38.2 Å². The van der Waals surface area contributed by atoms with E-state index in [2.05, 4.69) is 10.6 Å². The summed E-state index contributed by atoms with van der Waals surface area (Å²) in [6, 6.07) is 13.5. The predicted molar refractivity (Wildman–Crippen MR) is 107 cm³/mol. The summed E-state index contributed by atoms with van der Waals surface area (Å²) in [7, 11) is 1.54. The van der Waals surface area contributed by atoms with Crippen LogP contribution in [0.1, 0.15) is 30.1 Å². The summed E-state index contributed by atoms with van der Waals surface area (Å²) >= 11 is 0. The second kappa shape index (κ2) is 6.73. The molecule has 4 rings (SSSR count). The summed E-state index contributed by atoms with van der Waals surface area (Å²) in [4.78, 5) is 53.2. The lowest BCUT2D eigenvalue weighted by molar-refractivity contribution is -0.128. The molecule has 2 aromatic carbocycles. The van der Waals surface area contributed by atoms with Crippen molar-refractivity contribution in [2.24, 2.45) is 0 Å². The maximum atomic E-state index is 13.4. The Balaban J connectivity index is 1.73. The number of rotatable bonds is 3. The Hall–Kier alpha value is -3.68. The molecule has 1 atom stereocenters. The zero-order chi connectivity index (χ0) is 20.8. The Morgan fingerprint density at radius 2 is 1.69 bits per heavy atom. The molecule has 2 aromatic rings. The Morgan fingerprint density at radius 1 is 1.00 bits per heavy atom. The third kappa shape index (κ3) is 2.84. The molecule has 4 amide bonds. The number of amides is 4. The third-order valence-corrected chi connectivity index (χ3v) is 5.35. The Kier molecular flexibility index (Phi) is 4.34. The summed E-state index contributed by atoms with van der Waals surface area (Å²) in [5.74, 6) is -1.23. The molecular weight excluding hydrogens is 372 g/mol. The van der Waals surface area contributed by atoms with Gasteiger partial charge >= 0.3 is 0 Å². The van der Waals surface area contributed by atoms with Crippen molar-refractivity contribution in [3.63, 3.8) is 0 Å². The van der Waals surface area contributed by atoms with Gasteiger partial charge in [-0.1, -0.05) is 18.2 Å². The van der Waals surface area contributed by atoms with Crippen molar-refractivity contribution in [2.75, 3.05) is 22.6 Å². The highest BCUT2D eigenvalue weighted by molar-refractivity contribution is 6.18. The number of fused-ring (bicyclic) bond motifs is 3. The largest absolute Gasteiger partial charge is 0.326 e. The smallest absolute Gasteiger partial charge is 0.271 e. The second-order valence-corrected chi connectivity index (χ2v) is 7.14. The van der Waals surface area contributed by atoms with E-state index in [9.17, 15) is 19.2 Å². The fourth-order valence-corrected chi connectivity index (χ4v) is 4.04. The van der Waals surface area contributed by atoms with E-state index in [1.807, 2.05) is 0 Å². The van der Waals surface area contributed by atoms with Crippen LogP contribution in [0, 0.1) is 0 Å². The number of nitrogens with zero attached hydrogens (tertiary/aromatic N) is 2. The molecule has 0 spiro atoms. The molecular formula is C21H20N4O4. The van der Waals surface area contributed by atoms with Gasteiger partial charge in [-0.15, -0.1) is 0 Å². The fraction of sp³-hybridized carbons (Fsp3) is 0.238. The Morgan fingerprint density at radius 3 is 2.41 bits per heavy atom. The lowest BCUT2D eigenvalue weighted by atomic mass is 9.96. The van der Waals surface area contributed by atoms with Gasteiger partial charge in [0.25, 0.3) is 11.8 Å². The molecule has 0 saturated carbocycles. The molecule has 0 unspecified atom stereocenters. The molecule has 0 aromatic heterocycles. The van der Waals surface area contributed by atoms with Crippen molar-refractivity contribution in [1.29, 1.82) is 0 Å². The van der Waals surface area contributed by atoms with E-state index in [-0.39, 0.29) is 30.6 Å². The fourth-order valence-electron chi connectivity index (χ4n) is 4.04. The van der Waals surface area contributed by atoms with Gasteiger partial charge in [0.15, 0.2) is 0 Å². The van der Waals surface area contributed by atoms with Gasteiger partial charge < -0.3 is 15.5 Å². The van der Waals surface area contributed by atoms with Crippen LogP contribution in [0.4, 0.5) is 17.1 Å². The number of benzene rings is 2. The molecule has 2 aliphatic rings. The van der Waals surface area contributed by atoms with Crippen molar-refractivity contribution in [3.05, 3.63) is 54.1 Å². The van der Waals surface area contributed by atoms with E-state index in [0.717, 1.165) is 0 Å². The maximum Gasteiger partial charge on any atom is 0.271 e. The number of carbonyl (C=O) groups is 4. The number of likely N-dealkylation sites (N-methyl/N-ethyl adjacent to an activating group) is 1. The minimum Gasteiger partial charge on any atom is -0.326 e. The van der Waals surface area contributed by atoms with Crippen LogP contribution >= 0.6 is 0 Å². The van der Waals surface area contributed by atoms with Crippen LogP contribution in [-0.4, -0.2) is 41.2 Å². The lowest BCUT2D eigenvalue weighted by Crippen LogP contribution is -2.68. The number of nitrogens with one attached hydrogen (secondary N) is 2. The minimum absolute atomic E-state index is 0.158. The molecule has 2 aliphatic heterocycles.